The largest absolute Gasteiger partial charge is 0.478 e. The molecule has 0 aliphatic heterocycles. The van der Waals surface area contributed by atoms with Gasteiger partial charge >= 0.3 is 12.0 Å². The molecule has 0 aliphatic rings. The van der Waals surface area contributed by atoms with Crippen LogP contribution in [0.3, 0.4) is 0 Å². The van der Waals surface area contributed by atoms with Gasteiger partial charge in [-0.05, 0) is 18.4 Å². The molecule has 7 heteroatoms. The van der Waals surface area contributed by atoms with E-state index in [1.54, 1.807) is 0 Å². The maximum atomic E-state index is 13.1. The number of carbonyl (C=O) groups excluding carboxylic acids is 1. The van der Waals surface area contributed by atoms with Crippen molar-refractivity contribution in [2.45, 2.75) is 20.3 Å². The van der Waals surface area contributed by atoms with Crippen molar-refractivity contribution in [1.82, 2.24) is 5.32 Å². The molecule has 1 aromatic rings. The fourth-order valence-corrected chi connectivity index (χ4v) is 1.47. The fraction of sp³-hybridized carbons (Fsp3) is 0.385. The van der Waals surface area contributed by atoms with Gasteiger partial charge < -0.3 is 15.7 Å². The maximum absolute atomic E-state index is 13.1. The van der Waals surface area contributed by atoms with Crippen LogP contribution in [0.4, 0.5) is 19.3 Å². The number of nitrogens with one attached hydrogen (secondary N) is 2. The Kier molecular flexibility index (Phi) is 5.42. The zero-order chi connectivity index (χ0) is 15.3. The van der Waals surface area contributed by atoms with Gasteiger partial charge in [0, 0.05) is 12.6 Å². The van der Waals surface area contributed by atoms with Crippen LogP contribution < -0.4 is 10.6 Å². The van der Waals surface area contributed by atoms with Crippen molar-refractivity contribution < 1.29 is 23.5 Å². The Morgan fingerprint density at radius 2 is 1.85 bits per heavy atom. The van der Waals surface area contributed by atoms with Crippen molar-refractivity contribution in [2.24, 2.45) is 5.92 Å². The molecule has 0 atom stereocenters. The summed E-state index contributed by atoms with van der Waals surface area (Å²) in [5.41, 5.74) is -0.804. The summed E-state index contributed by atoms with van der Waals surface area (Å²) in [4.78, 5) is 22.4. The Balaban J connectivity index is 2.78. The molecule has 1 rings (SSSR count). The molecule has 0 spiro atoms. The summed E-state index contributed by atoms with van der Waals surface area (Å²) < 4.78 is 26.1. The summed E-state index contributed by atoms with van der Waals surface area (Å²) in [6, 6.07) is 0.501. The second kappa shape index (κ2) is 6.83. The van der Waals surface area contributed by atoms with Gasteiger partial charge in [0.1, 0.15) is 0 Å². The number of aromatic carboxylic acids is 1. The van der Waals surface area contributed by atoms with Gasteiger partial charge in [0.05, 0.1) is 11.3 Å². The monoisotopic (exact) mass is 286 g/mol. The Hall–Kier alpha value is -2.18. The van der Waals surface area contributed by atoms with E-state index in [0.29, 0.717) is 24.6 Å². The van der Waals surface area contributed by atoms with Gasteiger partial charge in [-0.25, -0.2) is 18.4 Å². The minimum Gasteiger partial charge on any atom is -0.478 e. The number of urea groups is 1. The van der Waals surface area contributed by atoms with Crippen LogP contribution in [0.2, 0.25) is 0 Å². The molecule has 1 aromatic carbocycles. The molecule has 2 amide bonds. The average molecular weight is 286 g/mol. The summed E-state index contributed by atoms with van der Waals surface area (Å²) in [6.45, 7) is 4.37. The van der Waals surface area contributed by atoms with Crippen molar-refractivity contribution in [3.63, 3.8) is 0 Å². The van der Waals surface area contributed by atoms with Crippen LogP contribution in [0, 0.1) is 17.6 Å². The molecule has 5 nitrogen and oxygen atoms in total. The summed E-state index contributed by atoms with van der Waals surface area (Å²) in [5.74, 6) is -3.57. The number of amides is 2. The standard InChI is InChI=1S/C13H16F2N2O3/c1-7(2)3-4-16-13(20)17-11-6-10(15)9(14)5-8(11)12(18)19/h5-7H,3-4H2,1-2H3,(H,18,19)(H2,16,17,20). The molecule has 0 bridgehead atoms. The Bertz CT molecular complexity index is 519. The summed E-state index contributed by atoms with van der Waals surface area (Å²) >= 11 is 0. The lowest BCUT2D eigenvalue weighted by atomic mass is 10.1. The van der Waals surface area contributed by atoms with Gasteiger partial charge in [0.25, 0.3) is 0 Å². The Morgan fingerprint density at radius 1 is 1.25 bits per heavy atom. The summed E-state index contributed by atoms with van der Waals surface area (Å²) in [7, 11) is 0. The highest BCUT2D eigenvalue weighted by atomic mass is 19.2. The number of benzene rings is 1. The number of anilines is 1. The minimum absolute atomic E-state index is 0.293. The molecule has 0 saturated carbocycles. The lowest BCUT2D eigenvalue weighted by Crippen LogP contribution is -2.30. The van der Waals surface area contributed by atoms with Crippen molar-refractivity contribution in [1.29, 1.82) is 0 Å². The molecule has 0 radical (unpaired) electrons. The van der Waals surface area contributed by atoms with Gasteiger partial charge in [-0.2, -0.15) is 0 Å². The lowest BCUT2D eigenvalue weighted by Gasteiger charge is -2.11. The first-order valence-corrected chi connectivity index (χ1v) is 6.08. The van der Waals surface area contributed by atoms with E-state index in [9.17, 15) is 18.4 Å². The zero-order valence-electron chi connectivity index (χ0n) is 11.2. The SMILES string of the molecule is CC(C)CCNC(=O)Nc1cc(F)c(F)cc1C(=O)O. The molecule has 110 valence electrons. The number of hydrogen-bond donors (Lipinski definition) is 3. The van der Waals surface area contributed by atoms with Gasteiger partial charge in [0.15, 0.2) is 11.6 Å². The smallest absolute Gasteiger partial charge is 0.337 e. The highest BCUT2D eigenvalue weighted by Gasteiger charge is 2.16. The van der Waals surface area contributed by atoms with Gasteiger partial charge in [-0.3, -0.25) is 0 Å². The van der Waals surface area contributed by atoms with Crippen LogP contribution in [0.5, 0.6) is 0 Å². The van der Waals surface area contributed by atoms with Gasteiger partial charge in [-0.1, -0.05) is 13.8 Å². The van der Waals surface area contributed by atoms with Crippen molar-refractivity contribution >= 4 is 17.7 Å². The molecule has 0 fully saturated rings. The summed E-state index contributed by atoms with van der Waals surface area (Å²) in [5, 5.41) is 13.6. The Labute approximate surface area is 115 Å². The van der Waals surface area contributed by atoms with Crippen molar-refractivity contribution in [3.05, 3.63) is 29.3 Å². The molecule has 0 aliphatic carbocycles. The van der Waals surface area contributed by atoms with Crippen LogP contribution >= 0.6 is 0 Å². The van der Waals surface area contributed by atoms with E-state index in [0.717, 1.165) is 6.42 Å². The third kappa shape index (κ3) is 4.49. The first kappa shape index (κ1) is 15.9. The highest BCUT2D eigenvalue weighted by Crippen LogP contribution is 2.20. The average Bonchev–Trinajstić information content (AvgIpc) is 2.32. The van der Waals surface area contributed by atoms with E-state index >= 15 is 0 Å². The van der Waals surface area contributed by atoms with Crippen LogP contribution in [0.1, 0.15) is 30.6 Å². The lowest BCUT2D eigenvalue weighted by molar-refractivity contribution is 0.0697. The first-order valence-electron chi connectivity index (χ1n) is 6.08. The predicted octanol–water partition coefficient (Wildman–Crippen LogP) is 2.83. The second-order valence-electron chi connectivity index (χ2n) is 4.68. The van der Waals surface area contributed by atoms with E-state index in [2.05, 4.69) is 10.6 Å². The molecular weight excluding hydrogens is 270 g/mol. The summed E-state index contributed by atoms with van der Waals surface area (Å²) in [6.07, 6.45) is 0.747. The molecule has 0 saturated heterocycles. The van der Waals surface area contributed by atoms with Gasteiger partial charge in [-0.15, -0.1) is 0 Å². The van der Waals surface area contributed by atoms with E-state index in [1.165, 1.54) is 0 Å². The third-order valence-electron chi connectivity index (χ3n) is 2.55. The van der Waals surface area contributed by atoms with Crippen LogP contribution in [0.15, 0.2) is 12.1 Å². The number of carboxylic acid groups (broad SMARTS) is 1. The van der Waals surface area contributed by atoms with E-state index in [4.69, 9.17) is 5.11 Å². The minimum atomic E-state index is -1.46. The van der Waals surface area contributed by atoms with Crippen molar-refractivity contribution in [3.8, 4) is 0 Å². The van der Waals surface area contributed by atoms with Crippen LogP contribution in [0.25, 0.3) is 0 Å². The Morgan fingerprint density at radius 3 is 2.40 bits per heavy atom. The molecular formula is C13H16F2N2O3. The van der Waals surface area contributed by atoms with E-state index in [1.807, 2.05) is 13.8 Å². The van der Waals surface area contributed by atoms with E-state index in [-0.39, 0.29) is 5.69 Å². The number of rotatable bonds is 5. The maximum Gasteiger partial charge on any atom is 0.337 e. The second-order valence-corrected chi connectivity index (χ2v) is 4.68. The number of carboxylic acids is 1. The van der Waals surface area contributed by atoms with Crippen molar-refractivity contribution in [2.75, 3.05) is 11.9 Å². The van der Waals surface area contributed by atoms with E-state index < -0.39 is 29.2 Å². The number of carbonyl (C=O) groups is 2. The third-order valence-corrected chi connectivity index (χ3v) is 2.55. The number of hydrogen-bond acceptors (Lipinski definition) is 2. The predicted molar refractivity (Wildman–Crippen MR) is 69.8 cm³/mol. The molecule has 3 N–H and O–H groups in total. The van der Waals surface area contributed by atoms with Gasteiger partial charge in [0.2, 0.25) is 0 Å². The van der Waals surface area contributed by atoms with Crippen LogP contribution in [-0.2, 0) is 0 Å². The normalized spacial score (nSPS) is 10.4. The first-order chi connectivity index (χ1) is 9.31. The molecule has 0 heterocycles. The molecule has 20 heavy (non-hydrogen) atoms. The highest BCUT2D eigenvalue weighted by molar-refractivity contribution is 6.00. The van der Waals surface area contributed by atoms with Crippen LogP contribution in [-0.4, -0.2) is 23.7 Å². The molecule has 0 aromatic heterocycles. The topological polar surface area (TPSA) is 78.4 Å². The quantitative estimate of drug-likeness (QED) is 0.778. The molecule has 0 unspecified atom stereocenters. The fourth-order valence-electron chi connectivity index (χ4n) is 1.47. The number of halogens is 2. The zero-order valence-corrected chi connectivity index (χ0v) is 11.2.